The van der Waals surface area contributed by atoms with E-state index in [0.29, 0.717) is 24.2 Å². The molecule has 1 aromatic carbocycles. The summed E-state index contributed by atoms with van der Waals surface area (Å²) in [5, 5.41) is 7.27. The number of amides is 1. The molecule has 1 amide bonds. The standard InChI is InChI=1S/C19H18N4O3/c1-26-19(25)15-7-5-14(6-8-15)18(24)21-11-13-23-12-9-17(22-23)16-4-2-3-10-20-16/h2-10,12H,11,13H2,1H3,(H,21,24). The average molecular weight is 350 g/mol. The van der Waals surface area contributed by atoms with Crippen molar-refractivity contribution in [2.24, 2.45) is 0 Å². The van der Waals surface area contributed by atoms with Gasteiger partial charge in [-0.1, -0.05) is 6.07 Å². The number of pyridine rings is 1. The van der Waals surface area contributed by atoms with Crippen molar-refractivity contribution < 1.29 is 14.3 Å². The fourth-order valence-electron chi connectivity index (χ4n) is 2.40. The number of rotatable bonds is 6. The number of benzene rings is 1. The van der Waals surface area contributed by atoms with E-state index in [9.17, 15) is 9.59 Å². The molecule has 0 radical (unpaired) electrons. The summed E-state index contributed by atoms with van der Waals surface area (Å²) in [6, 6.07) is 13.9. The maximum absolute atomic E-state index is 12.1. The molecule has 3 rings (SSSR count). The molecule has 0 spiro atoms. The lowest BCUT2D eigenvalue weighted by atomic mass is 10.1. The van der Waals surface area contributed by atoms with Crippen LogP contribution in [0.4, 0.5) is 0 Å². The monoisotopic (exact) mass is 350 g/mol. The third-order valence-electron chi connectivity index (χ3n) is 3.76. The first-order chi connectivity index (χ1) is 12.7. The van der Waals surface area contributed by atoms with Crippen molar-refractivity contribution in [1.82, 2.24) is 20.1 Å². The molecular formula is C19H18N4O3. The van der Waals surface area contributed by atoms with Crippen molar-refractivity contribution in [3.63, 3.8) is 0 Å². The molecule has 0 aliphatic heterocycles. The minimum atomic E-state index is -0.431. The first-order valence-electron chi connectivity index (χ1n) is 8.09. The third-order valence-corrected chi connectivity index (χ3v) is 3.76. The van der Waals surface area contributed by atoms with E-state index in [1.165, 1.54) is 7.11 Å². The number of methoxy groups -OCH3 is 1. The van der Waals surface area contributed by atoms with Crippen LogP contribution in [0, 0.1) is 0 Å². The lowest BCUT2D eigenvalue weighted by molar-refractivity contribution is 0.0600. The highest BCUT2D eigenvalue weighted by Crippen LogP contribution is 2.12. The molecular weight excluding hydrogens is 332 g/mol. The molecule has 7 nitrogen and oxygen atoms in total. The zero-order chi connectivity index (χ0) is 18.4. The van der Waals surface area contributed by atoms with Gasteiger partial charge in [-0.2, -0.15) is 5.10 Å². The van der Waals surface area contributed by atoms with E-state index < -0.39 is 5.97 Å². The molecule has 1 N–H and O–H groups in total. The molecule has 7 heteroatoms. The number of nitrogens with one attached hydrogen (secondary N) is 1. The van der Waals surface area contributed by atoms with E-state index >= 15 is 0 Å². The van der Waals surface area contributed by atoms with E-state index in [2.05, 4.69) is 20.1 Å². The number of hydrogen-bond acceptors (Lipinski definition) is 5. The van der Waals surface area contributed by atoms with E-state index in [1.54, 1.807) is 35.1 Å². The van der Waals surface area contributed by atoms with Gasteiger partial charge in [0.1, 0.15) is 5.69 Å². The zero-order valence-electron chi connectivity index (χ0n) is 14.3. The smallest absolute Gasteiger partial charge is 0.337 e. The van der Waals surface area contributed by atoms with Gasteiger partial charge in [-0.15, -0.1) is 0 Å². The van der Waals surface area contributed by atoms with Crippen LogP contribution in [0.25, 0.3) is 11.4 Å². The summed E-state index contributed by atoms with van der Waals surface area (Å²) in [5.41, 5.74) is 2.48. The van der Waals surface area contributed by atoms with Crippen LogP contribution in [0.3, 0.4) is 0 Å². The van der Waals surface area contributed by atoms with Crippen LogP contribution in [-0.2, 0) is 11.3 Å². The van der Waals surface area contributed by atoms with Gasteiger partial charge in [-0.25, -0.2) is 4.79 Å². The van der Waals surface area contributed by atoms with Crippen molar-refractivity contribution in [1.29, 1.82) is 0 Å². The number of carbonyl (C=O) groups is 2. The van der Waals surface area contributed by atoms with E-state index in [0.717, 1.165) is 11.4 Å². The Morgan fingerprint density at radius 3 is 2.50 bits per heavy atom. The Bertz CT molecular complexity index is 889. The second kappa shape index (κ2) is 8.06. The second-order valence-corrected chi connectivity index (χ2v) is 5.50. The Balaban J connectivity index is 1.52. The molecule has 132 valence electrons. The summed E-state index contributed by atoms with van der Waals surface area (Å²) in [5.74, 6) is -0.641. The maximum Gasteiger partial charge on any atom is 0.337 e. The Hall–Kier alpha value is -3.48. The molecule has 2 aromatic heterocycles. The van der Waals surface area contributed by atoms with Crippen molar-refractivity contribution >= 4 is 11.9 Å². The Morgan fingerprint density at radius 1 is 1.04 bits per heavy atom. The number of aromatic nitrogens is 3. The molecule has 2 heterocycles. The fourth-order valence-corrected chi connectivity index (χ4v) is 2.40. The zero-order valence-corrected chi connectivity index (χ0v) is 14.3. The summed E-state index contributed by atoms with van der Waals surface area (Å²) in [7, 11) is 1.32. The summed E-state index contributed by atoms with van der Waals surface area (Å²) < 4.78 is 6.39. The SMILES string of the molecule is COC(=O)c1ccc(C(=O)NCCn2ccc(-c3ccccn3)n2)cc1. The first-order valence-corrected chi connectivity index (χ1v) is 8.09. The van der Waals surface area contributed by atoms with Gasteiger partial charge in [0.05, 0.1) is 24.9 Å². The van der Waals surface area contributed by atoms with Crippen molar-refractivity contribution in [2.45, 2.75) is 6.54 Å². The normalized spacial score (nSPS) is 10.3. The molecule has 0 atom stereocenters. The van der Waals surface area contributed by atoms with Crippen LogP contribution in [0.5, 0.6) is 0 Å². The molecule has 0 bridgehead atoms. The summed E-state index contributed by atoms with van der Waals surface area (Å²) in [6.45, 7) is 0.972. The maximum atomic E-state index is 12.1. The van der Waals surface area contributed by atoms with Gasteiger partial charge >= 0.3 is 5.97 Å². The van der Waals surface area contributed by atoms with E-state index in [-0.39, 0.29) is 5.91 Å². The Morgan fingerprint density at radius 2 is 1.81 bits per heavy atom. The number of hydrogen-bond donors (Lipinski definition) is 1. The highest BCUT2D eigenvalue weighted by Gasteiger charge is 2.09. The quantitative estimate of drug-likeness (QED) is 0.689. The average Bonchev–Trinajstić information content (AvgIpc) is 3.17. The molecule has 0 saturated carbocycles. The third kappa shape index (κ3) is 4.13. The molecule has 0 aliphatic carbocycles. The predicted molar refractivity (Wildman–Crippen MR) is 95.6 cm³/mol. The van der Waals surface area contributed by atoms with Gasteiger partial charge in [-0.05, 0) is 42.5 Å². The number of ether oxygens (including phenoxy) is 1. The van der Waals surface area contributed by atoms with Crippen molar-refractivity contribution in [3.05, 3.63) is 72.1 Å². The Kier molecular flexibility index (Phi) is 5.38. The van der Waals surface area contributed by atoms with Crippen LogP contribution in [0.15, 0.2) is 60.9 Å². The molecule has 0 aliphatic rings. The summed E-state index contributed by atoms with van der Waals surface area (Å²) in [6.07, 6.45) is 3.57. The van der Waals surface area contributed by atoms with E-state index in [1.807, 2.05) is 30.5 Å². The number of nitrogens with zero attached hydrogens (tertiary/aromatic N) is 3. The van der Waals surface area contributed by atoms with E-state index in [4.69, 9.17) is 0 Å². The second-order valence-electron chi connectivity index (χ2n) is 5.50. The molecule has 0 fully saturated rings. The van der Waals surface area contributed by atoms with Gasteiger partial charge in [0.2, 0.25) is 0 Å². The minimum absolute atomic E-state index is 0.210. The van der Waals surface area contributed by atoms with Crippen molar-refractivity contribution in [2.75, 3.05) is 13.7 Å². The highest BCUT2D eigenvalue weighted by atomic mass is 16.5. The van der Waals surface area contributed by atoms with Crippen LogP contribution in [0.2, 0.25) is 0 Å². The lowest BCUT2D eigenvalue weighted by Crippen LogP contribution is -2.27. The van der Waals surface area contributed by atoms with Crippen LogP contribution < -0.4 is 5.32 Å². The number of esters is 1. The van der Waals surface area contributed by atoms with Gasteiger partial charge in [0.15, 0.2) is 0 Å². The summed E-state index contributed by atoms with van der Waals surface area (Å²) in [4.78, 5) is 27.8. The van der Waals surface area contributed by atoms with Gasteiger partial charge in [-0.3, -0.25) is 14.5 Å². The lowest BCUT2D eigenvalue weighted by Gasteiger charge is -2.06. The van der Waals surface area contributed by atoms with Gasteiger partial charge in [0, 0.05) is 24.5 Å². The van der Waals surface area contributed by atoms with Gasteiger partial charge in [0.25, 0.3) is 5.91 Å². The van der Waals surface area contributed by atoms with Crippen molar-refractivity contribution in [3.8, 4) is 11.4 Å². The Labute approximate surface area is 150 Å². The topological polar surface area (TPSA) is 86.1 Å². The van der Waals surface area contributed by atoms with Crippen LogP contribution >= 0.6 is 0 Å². The molecule has 0 unspecified atom stereocenters. The van der Waals surface area contributed by atoms with Crippen LogP contribution in [-0.4, -0.2) is 40.3 Å². The predicted octanol–water partition coefficient (Wildman–Crippen LogP) is 2.16. The first kappa shape index (κ1) is 17.3. The molecule has 3 aromatic rings. The highest BCUT2D eigenvalue weighted by molar-refractivity contribution is 5.96. The molecule has 0 saturated heterocycles. The van der Waals surface area contributed by atoms with Gasteiger partial charge < -0.3 is 10.1 Å². The van der Waals surface area contributed by atoms with Crippen LogP contribution in [0.1, 0.15) is 20.7 Å². The largest absolute Gasteiger partial charge is 0.465 e. The number of carbonyl (C=O) groups excluding carboxylic acids is 2. The minimum Gasteiger partial charge on any atom is -0.465 e. The fraction of sp³-hybridized carbons (Fsp3) is 0.158. The summed E-state index contributed by atoms with van der Waals surface area (Å²) >= 11 is 0. The molecule has 26 heavy (non-hydrogen) atoms.